The molecule has 0 aliphatic carbocycles. The van der Waals surface area contributed by atoms with Gasteiger partial charge in [0.05, 0.1) is 22.1 Å². The summed E-state index contributed by atoms with van der Waals surface area (Å²) in [6.07, 6.45) is 1.78. The summed E-state index contributed by atoms with van der Waals surface area (Å²) in [5.74, 6) is 0.783. The second-order valence-corrected chi connectivity index (χ2v) is 7.13. The predicted molar refractivity (Wildman–Crippen MR) is 114 cm³/mol. The van der Waals surface area contributed by atoms with E-state index in [0.29, 0.717) is 26.1 Å². The minimum Gasteiger partial charge on any atom is -0.356 e. The summed E-state index contributed by atoms with van der Waals surface area (Å²) >= 11 is 0. The zero-order valence-electron chi connectivity index (χ0n) is 16.5. The highest BCUT2D eigenvalue weighted by molar-refractivity contribution is 5.78. The van der Waals surface area contributed by atoms with E-state index in [4.69, 9.17) is 0 Å². The number of nitrogens with zero attached hydrogens (tertiary/aromatic N) is 3. The highest BCUT2D eigenvalue weighted by Gasteiger charge is 2.13. The number of fused-ring (bicyclic) bond motifs is 2. The predicted octanol–water partition coefficient (Wildman–Crippen LogP) is 2.84. The second-order valence-electron chi connectivity index (χ2n) is 7.13. The molecular formula is C22H25N5O2. The van der Waals surface area contributed by atoms with Crippen molar-refractivity contribution in [1.29, 1.82) is 0 Å². The van der Waals surface area contributed by atoms with Crippen LogP contribution in [0.2, 0.25) is 0 Å². The number of H-pyrrole nitrogens is 1. The van der Waals surface area contributed by atoms with E-state index in [0.717, 1.165) is 34.3 Å². The minimum absolute atomic E-state index is 0.0527. The molecule has 0 atom stereocenters. The van der Waals surface area contributed by atoms with Gasteiger partial charge in [0.2, 0.25) is 5.91 Å². The molecule has 7 nitrogen and oxygen atoms in total. The fraction of sp³-hybridized carbons (Fsp3) is 0.318. The molecule has 0 bridgehead atoms. The molecular weight excluding hydrogens is 366 g/mol. The van der Waals surface area contributed by atoms with E-state index < -0.39 is 0 Å². The lowest BCUT2D eigenvalue weighted by Crippen LogP contribution is -2.29. The van der Waals surface area contributed by atoms with Gasteiger partial charge in [-0.05, 0) is 30.7 Å². The number of hydrogen-bond donors (Lipinski definition) is 2. The van der Waals surface area contributed by atoms with Gasteiger partial charge in [-0.15, -0.1) is 0 Å². The maximum atomic E-state index is 12.8. The first-order valence-corrected chi connectivity index (χ1v) is 10.1. The minimum atomic E-state index is -0.0691. The molecule has 4 aromatic rings. The first-order valence-electron chi connectivity index (χ1n) is 10.1. The van der Waals surface area contributed by atoms with Crippen LogP contribution in [-0.4, -0.2) is 31.6 Å². The Labute approximate surface area is 168 Å². The van der Waals surface area contributed by atoms with Gasteiger partial charge in [0.25, 0.3) is 0 Å². The lowest BCUT2D eigenvalue weighted by molar-refractivity contribution is -0.121. The first-order chi connectivity index (χ1) is 14.2. The van der Waals surface area contributed by atoms with Crippen LogP contribution in [0, 0.1) is 0 Å². The van der Waals surface area contributed by atoms with Crippen molar-refractivity contribution < 1.29 is 4.79 Å². The van der Waals surface area contributed by atoms with Gasteiger partial charge in [-0.1, -0.05) is 31.2 Å². The van der Waals surface area contributed by atoms with Crippen molar-refractivity contribution in [3.63, 3.8) is 0 Å². The summed E-state index contributed by atoms with van der Waals surface area (Å²) in [5.41, 5.74) is 3.67. The van der Waals surface area contributed by atoms with Gasteiger partial charge in [0.15, 0.2) is 0 Å². The van der Waals surface area contributed by atoms with Crippen molar-refractivity contribution in [3.05, 3.63) is 64.8 Å². The molecule has 4 rings (SSSR count). The second kappa shape index (κ2) is 8.34. The largest absolute Gasteiger partial charge is 0.356 e. The molecule has 0 saturated heterocycles. The van der Waals surface area contributed by atoms with E-state index in [1.807, 2.05) is 55.5 Å². The Morgan fingerprint density at radius 2 is 1.72 bits per heavy atom. The third-order valence-corrected chi connectivity index (χ3v) is 5.06. The maximum absolute atomic E-state index is 12.8. The van der Waals surface area contributed by atoms with Crippen LogP contribution in [0.15, 0.2) is 53.3 Å². The Kier molecular flexibility index (Phi) is 5.46. The Morgan fingerprint density at radius 3 is 2.45 bits per heavy atom. The van der Waals surface area contributed by atoms with Crippen molar-refractivity contribution in [2.75, 3.05) is 6.54 Å². The number of hydrogen-bond acceptors (Lipinski definition) is 3. The van der Waals surface area contributed by atoms with E-state index in [9.17, 15) is 9.59 Å². The molecule has 0 radical (unpaired) electrons. The van der Waals surface area contributed by atoms with Gasteiger partial charge in [0, 0.05) is 32.5 Å². The molecule has 0 saturated carbocycles. The number of rotatable bonds is 8. The lowest BCUT2D eigenvalue weighted by Gasteiger charge is -2.05. The summed E-state index contributed by atoms with van der Waals surface area (Å²) in [6, 6.07) is 15.6. The maximum Gasteiger partial charge on any atom is 0.329 e. The number of para-hydroxylation sites is 4. The smallest absolute Gasteiger partial charge is 0.329 e. The van der Waals surface area contributed by atoms with Gasteiger partial charge in [-0.3, -0.25) is 13.9 Å². The Bertz CT molecular complexity index is 1170. The number of aryl methyl sites for hydroxylation is 2. The van der Waals surface area contributed by atoms with E-state index in [1.165, 1.54) is 0 Å². The summed E-state index contributed by atoms with van der Waals surface area (Å²) in [4.78, 5) is 32.8. The van der Waals surface area contributed by atoms with Gasteiger partial charge in [-0.25, -0.2) is 9.78 Å². The van der Waals surface area contributed by atoms with Crippen LogP contribution in [0.25, 0.3) is 22.1 Å². The average molecular weight is 391 g/mol. The molecule has 2 aromatic carbocycles. The number of aromatic amines is 1. The van der Waals surface area contributed by atoms with Crippen molar-refractivity contribution >= 4 is 28.0 Å². The Balaban J connectivity index is 1.36. The number of carbonyl (C=O) groups is 1. The molecule has 7 heteroatoms. The van der Waals surface area contributed by atoms with Gasteiger partial charge in [0.1, 0.15) is 5.82 Å². The molecule has 1 amide bonds. The molecule has 0 aliphatic rings. The lowest BCUT2D eigenvalue weighted by atomic mass is 10.3. The van der Waals surface area contributed by atoms with Crippen LogP contribution in [0.1, 0.15) is 25.6 Å². The monoisotopic (exact) mass is 391 g/mol. The SMILES string of the molecule is CCCn1c(=O)n(CCC(=O)NCCc2nc3ccccc3[nH]2)c2ccccc21. The summed E-state index contributed by atoms with van der Waals surface area (Å²) < 4.78 is 3.48. The van der Waals surface area contributed by atoms with Gasteiger partial charge in [-0.2, -0.15) is 0 Å². The fourth-order valence-electron chi connectivity index (χ4n) is 3.67. The Morgan fingerprint density at radius 1 is 1.03 bits per heavy atom. The van der Waals surface area contributed by atoms with Crippen LogP contribution < -0.4 is 11.0 Å². The van der Waals surface area contributed by atoms with E-state index in [2.05, 4.69) is 15.3 Å². The highest BCUT2D eigenvalue weighted by Crippen LogP contribution is 2.14. The van der Waals surface area contributed by atoms with Gasteiger partial charge >= 0.3 is 5.69 Å². The van der Waals surface area contributed by atoms with Crippen LogP contribution in [0.3, 0.4) is 0 Å². The normalized spacial score (nSPS) is 11.3. The standard InChI is InChI=1S/C22H25N5O2/c1-2-14-26-18-9-5-6-10-19(18)27(22(26)29)15-12-21(28)23-13-11-20-24-16-7-3-4-8-17(16)25-20/h3-10H,2,11-15H2,1H3,(H,23,28)(H,24,25). The fourth-order valence-corrected chi connectivity index (χ4v) is 3.67. The Hall–Kier alpha value is -3.35. The third kappa shape index (κ3) is 3.94. The number of benzene rings is 2. The molecule has 2 heterocycles. The summed E-state index contributed by atoms with van der Waals surface area (Å²) in [7, 11) is 0. The van der Waals surface area contributed by atoms with Crippen molar-refractivity contribution in [2.24, 2.45) is 0 Å². The van der Waals surface area contributed by atoms with Crippen molar-refractivity contribution in [3.8, 4) is 0 Å². The number of carbonyl (C=O) groups excluding carboxylic acids is 1. The topological polar surface area (TPSA) is 84.7 Å². The van der Waals surface area contributed by atoms with E-state index in [-0.39, 0.29) is 18.0 Å². The first kappa shape index (κ1) is 19.0. The molecule has 2 N–H and O–H groups in total. The molecule has 0 unspecified atom stereocenters. The number of nitrogens with one attached hydrogen (secondary N) is 2. The van der Waals surface area contributed by atoms with Crippen LogP contribution in [0.5, 0.6) is 0 Å². The third-order valence-electron chi connectivity index (χ3n) is 5.06. The zero-order valence-corrected chi connectivity index (χ0v) is 16.5. The van der Waals surface area contributed by atoms with Crippen molar-refractivity contribution in [1.82, 2.24) is 24.4 Å². The molecule has 150 valence electrons. The van der Waals surface area contributed by atoms with Gasteiger partial charge < -0.3 is 10.3 Å². The molecule has 0 fully saturated rings. The number of imidazole rings is 2. The number of amides is 1. The summed E-state index contributed by atoms with van der Waals surface area (Å²) in [6.45, 7) is 3.60. The highest BCUT2D eigenvalue weighted by atomic mass is 16.2. The molecule has 0 spiro atoms. The quantitative estimate of drug-likeness (QED) is 0.484. The van der Waals surface area contributed by atoms with Crippen LogP contribution in [-0.2, 0) is 24.3 Å². The van der Waals surface area contributed by atoms with Crippen LogP contribution >= 0.6 is 0 Å². The van der Waals surface area contributed by atoms with Crippen LogP contribution in [0.4, 0.5) is 0 Å². The van der Waals surface area contributed by atoms with E-state index in [1.54, 1.807) is 9.13 Å². The summed E-state index contributed by atoms with van der Waals surface area (Å²) in [5, 5.41) is 2.92. The zero-order chi connectivity index (χ0) is 20.2. The molecule has 2 aromatic heterocycles. The van der Waals surface area contributed by atoms with E-state index >= 15 is 0 Å². The molecule has 29 heavy (non-hydrogen) atoms. The average Bonchev–Trinajstić information content (AvgIpc) is 3.26. The molecule has 0 aliphatic heterocycles. The van der Waals surface area contributed by atoms with Crippen molar-refractivity contribution in [2.45, 2.75) is 39.3 Å². The number of aromatic nitrogens is 4.